The average Bonchev–Trinajstić information content (AvgIpc) is 2.47. The smallest absolute Gasteiger partial charge is 0.230 e. The normalized spacial score (nSPS) is 11.2. The molecular formula is C18H21NO2. The first kappa shape index (κ1) is 15.1. The Bertz CT molecular complexity index is 674. The maximum absolute atomic E-state index is 12.4. The summed E-state index contributed by atoms with van der Waals surface area (Å²) in [5.41, 5.74) is 0.316. The van der Waals surface area contributed by atoms with Crippen molar-refractivity contribution in [3.05, 3.63) is 49.1 Å². The predicted octanol–water partition coefficient (Wildman–Crippen LogP) is 4.39. The van der Waals surface area contributed by atoms with Crippen LogP contribution in [0.2, 0.25) is 0 Å². The van der Waals surface area contributed by atoms with E-state index in [9.17, 15) is 4.79 Å². The van der Waals surface area contributed by atoms with Crippen LogP contribution < -0.4 is 10.1 Å². The molecule has 0 saturated heterocycles. The molecule has 0 radical (unpaired) electrons. The van der Waals surface area contributed by atoms with Gasteiger partial charge in [0, 0.05) is 21.9 Å². The van der Waals surface area contributed by atoms with Gasteiger partial charge < -0.3 is 10.1 Å². The van der Waals surface area contributed by atoms with Crippen molar-refractivity contribution in [2.75, 3.05) is 12.4 Å². The third-order valence-electron chi connectivity index (χ3n) is 3.62. The SMILES string of the molecule is C=CCC(C)(C)C(=O)Nc1ccc(OC)c2ccccc12. The summed E-state index contributed by atoms with van der Waals surface area (Å²) in [7, 11) is 1.65. The molecule has 0 atom stereocenters. The zero-order chi connectivity index (χ0) is 15.5. The van der Waals surface area contributed by atoms with Gasteiger partial charge >= 0.3 is 0 Å². The van der Waals surface area contributed by atoms with E-state index in [-0.39, 0.29) is 5.91 Å². The molecule has 0 spiro atoms. The Balaban J connectivity index is 2.40. The lowest BCUT2D eigenvalue weighted by atomic mass is 9.88. The highest BCUT2D eigenvalue weighted by Crippen LogP contribution is 2.32. The van der Waals surface area contributed by atoms with Gasteiger partial charge in [0.25, 0.3) is 0 Å². The lowest BCUT2D eigenvalue weighted by Crippen LogP contribution is -2.30. The number of ether oxygens (including phenoxy) is 1. The second kappa shape index (κ2) is 6.00. The molecule has 3 nitrogen and oxygen atoms in total. The molecule has 0 aromatic heterocycles. The van der Waals surface area contributed by atoms with Crippen molar-refractivity contribution in [1.82, 2.24) is 0 Å². The number of anilines is 1. The quantitative estimate of drug-likeness (QED) is 0.826. The summed E-state index contributed by atoms with van der Waals surface area (Å²) in [6.07, 6.45) is 2.40. The summed E-state index contributed by atoms with van der Waals surface area (Å²) >= 11 is 0. The first-order valence-electron chi connectivity index (χ1n) is 6.97. The minimum atomic E-state index is -0.483. The Morgan fingerprint density at radius 1 is 1.24 bits per heavy atom. The highest BCUT2D eigenvalue weighted by molar-refractivity contribution is 6.05. The van der Waals surface area contributed by atoms with Crippen LogP contribution in [0.4, 0.5) is 5.69 Å². The second-order valence-corrected chi connectivity index (χ2v) is 5.69. The number of methoxy groups -OCH3 is 1. The molecule has 3 heteroatoms. The van der Waals surface area contributed by atoms with Crippen molar-refractivity contribution >= 4 is 22.4 Å². The fraction of sp³-hybridized carbons (Fsp3) is 0.278. The topological polar surface area (TPSA) is 38.3 Å². The molecule has 0 aliphatic rings. The number of hydrogen-bond acceptors (Lipinski definition) is 2. The zero-order valence-corrected chi connectivity index (χ0v) is 12.8. The minimum absolute atomic E-state index is 0.0160. The summed E-state index contributed by atoms with van der Waals surface area (Å²) in [6, 6.07) is 11.6. The number of benzene rings is 2. The van der Waals surface area contributed by atoms with E-state index in [1.165, 1.54) is 0 Å². The second-order valence-electron chi connectivity index (χ2n) is 5.69. The van der Waals surface area contributed by atoms with Crippen LogP contribution in [-0.4, -0.2) is 13.0 Å². The maximum atomic E-state index is 12.4. The van der Waals surface area contributed by atoms with Crippen LogP contribution in [0, 0.1) is 5.41 Å². The standard InChI is InChI=1S/C18H21NO2/c1-5-12-18(2,3)17(20)19-15-10-11-16(21-4)14-9-7-6-8-13(14)15/h5-11H,1,12H2,2-4H3,(H,19,20). The van der Waals surface area contributed by atoms with Gasteiger partial charge in [0.1, 0.15) is 5.75 Å². The first-order chi connectivity index (χ1) is 9.99. The van der Waals surface area contributed by atoms with Gasteiger partial charge in [-0.3, -0.25) is 4.79 Å². The molecule has 0 bridgehead atoms. The van der Waals surface area contributed by atoms with Crippen molar-refractivity contribution in [2.45, 2.75) is 20.3 Å². The summed E-state index contributed by atoms with van der Waals surface area (Å²) in [5, 5.41) is 4.98. The van der Waals surface area contributed by atoms with Crippen molar-refractivity contribution < 1.29 is 9.53 Å². The molecule has 0 saturated carbocycles. The van der Waals surface area contributed by atoms with Crippen LogP contribution in [0.1, 0.15) is 20.3 Å². The van der Waals surface area contributed by atoms with Gasteiger partial charge in [-0.15, -0.1) is 6.58 Å². The highest BCUT2D eigenvalue weighted by Gasteiger charge is 2.26. The van der Waals surface area contributed by atoms with Gasteiger partial charge in [0.2, 0.25) is 5.91 Å². The largest absolute Gasteiger partial charge is 0.496 e. The number of nitrogens with one attached hydrogen (secondary N) is 1. The summed E-state index contributed by atoms with van der Waals surface area (Å²) in [4.78, 5) is 12.4. The van der Waals surface area contributed by atoms with Gasteiger partial charge in [-0.2, -0.15) is 0 Å². The van der Waals surface area contributed by atoms with Crippen molar-refractivity contribution in [3.8, 4) is 5.75 Å². The molecule has 0 aliphatic heterocycles. The van der Waals surface area contributed by atoms with E-state index in [0.717, 1.165) is 22.2 Å². The third kappa shape index (κ3) is 3.07. The van der Waals surface area contributed by atoms with Crippen LogP contribution in [0.5, 0.6) is 5.75 Å². The van der Waals surface area contributed by atoms with Crippen LogP contribution >= 0.6 is 0 Å². The molecule has 0 unspecified atom stereocenters. The van der Waals surface area contributed by atoms with E-state index >= 15 is 0 Å². The molecule has 0 aliphatic carbocycles. The minimum Gasteiger partial charge on any atom is -0.496 e. The van der Waals surface area contributed by atoms with Crippen LogP contribution in [0.25, 0.3) is 10.8 Å². The molecule has 0 fully saturated rings. The van der Waals surface area contributed by atoms with E-state index in [0.29, 0.717) is 6.42 Å². The zero-order valence-electron chi connectivity index (χ0n) is 12.8. The number of amides is 1. The number of rotatable bonds is 5. The molecule has 21 heavy (non-hydrogen) atoms. The Kier molecular flexibility index (Phi) is 4.32. The molecule has 2 aromatic rings. The average molecular weight is 283 g/mol. The maximum Gasteiger partial charge on any atom is 0.230 e. The predicted molar refractivity (Wildman–Crippen MR) is 87.7 cm³/mol. The third-order valence-corrected chi connectivity index (χ3v) is 3.62. The van der Waals surface area contributed by atoms with Gasteiger partial charge in [-0.05, 0) is 18.6 Å². The lowest BCUT2D eigenvalue weighted by Gasteiger charge is -2.22. The highest BCUT2D eigenvalue weighted by atomic mass is 16.5. The fourth-order valence-corrected chi connectivity index (χ4v) is 2.30. The van der Waals surface area contributed by atoms with Gasteiger partial charge in [-0.1, -0.05) is 44.2 Å². The molecule has 2 rings (SSSR count). The fourth-order valence-electron chi connectivity index (χ4n) is 2.30. The van der Waals surface area contributed by atoms with E-state index in [2.05, 4.69) is 11.9 Å². The van der Waals surface area contributed by atoms with E-state index in [1.54, 1.807) is 13.2 Å². The summed E-state index contributed by atoms with van der Waals surface area (Å²) < 4.78 is 5.37. The van der Waals surface area contributed by atoms with Crippen molar-refractivity contribution in [3.63, 3.8) is 0 Å². The number of hydrogen-bond donors (Lipinski definition) is 1. The Morgan fingerprint density at radius 2 is 1.90 bits per heavy atom. The Labute approximate surface area is 125 Å². The van der Waals surface area contributed by atoms with Crippen LogP contribution in [0.3, 0.4) is 0 Å². The van der Waals surface area contributed by atoms with Gasteiger partial charge in [-0.25, -0.2) is 0 Å². The monoisotopic (exact) mass is 283 g/mol. The first-order valence-corrected chi connectivity index (χ1v) is 6.97. The molecule has 2 aromatic carbocycles. The number of allylic oxidation sites excluding steroid dienone is 1. The van der Waals surface area contributed by atoms with Crippen LogP contribution in [-0.2, 0) is 4.79 Å². The number of fused-ring (bicyclic) bond motifs is 1. The Morgan fingerprint density at radius 3 is 2.52 bits per heavy atom. The lowest BCUT2D eigenvalue weighted by molar-refractivity contribution is -0.123. The van der Waals surface area contributed by atoms with Crippen LogP contribution in [0.15, 0.2) is 49.1 Å². The van der Waals surface area contributed by atoms with Crippen molar-refractivity contribution in [1.29, 1.82) is 0 Å². The molecule has 1 amide bonds. The molecular weight excluding hydrogens is 262 g/mol. The summed E-state index contributed by atoms with van der Waals surface area (Å²) in [6.45, 7) is 7.54. The molecule has 1 N–H and O–H groups in total. The van der Waals surface area contributed by atoms with E-state index in [4.69, 9.17) is 4.74 Å². The Hall–Kier alpha value is -2.29. The van der Waals surface area contributed by atoms with E-state index < -0.39 is 5.41 Å². The van der Waals surface area contributed by atoms with Crippen molar-refractivity contribution in [2.24, 2.45) is 5.41 Å². The summed E-state index contributed by atoms with van der Waals surface area (Å²) in [5.74, 6) is 0.784. The number of carbonyl (C=O) groups excluding carboxylic acids is 1. The van der Waals surface area contributed by atoms with E-state index in [1.807, 2.05) is 50.2 Å². The van der Waals surface area contributed by atoms with Gasteiger partial charge in [0.05, 0.1) is 7.11 Å². The molecule has 110 valence electrons. The van der Waals surface area contributed by atoms with Gasteiger partial charge in [0.15, 0.2) is 0 Å². The number of carbonyl (C=O) groups is 1. The molecule has 0 heterocycles.